The maximum Gasteiger partial charge on any atom is 0.433 e. The molecule has 0 atom stereocenters. The van der Waals surface area contributed by atoms with Crippen LogP contribution in [0.3, 0.4) is 0 Å². The SMILES string of the molecule is C/N=C(\C=C(/Nc1ccccc1Cl)c1ccc(C(=O)Nc2ccc(C(F)(F)F)nc2)cc1)C(F)(F)F. The van der Waals surface area contributed by atoms with Gasteiger partial charge in [-0.15, -0.1) is 0 Å². The van der Waals surface area contributed by atoms with E-state index in [0.29, 0.717) is 5.69 Å². The highest BCUT2D eigenvalue weighted by atomic mass is 35.5. The van der Waals surface area contributed by atoms with Crippen LogP contribution < -0.4 is 10.6 Å². The van der Waals surface area contributed by atoms with Gasteiger partial charge in [-0.05, 0) is 48.0 Å². The number of carbonyl (C=O) groups excluding carboxylic acids is 1. The standard InChI is InChI=1S/C24H17ClF6N4O/c1-32-21(24(29,30)31)12-19(35-18-5-3-2-4-17(18)25)14-6-8-15(9-7-14)22(36)34-16-10-11-20(33-13-16)23(26,27)28/h2-13,35H,1H3,(H,34,36)/b19-12-,32-21+. The Bertz CT molecular complexity index is 1280. The summed E-state index contributed by atoms with van der Waals surface area (Å²) in [5.74, 6) is -0.654. The number of allylic oxidation sites excluding steroid dienone is 1. The zero-order valence-corrected chi connectivity index (χ0v) is 19.1. The van der Waals surface area contributed by atoms with Gasteiger partial charge in [0.25, 0.3) is 5.91 Å². The summed E-state index contributed by atoms with van der Waals surface area (Å²) in [6.07, 6.45) is -7.65. The first kappa shape index (κ1) is 26.7. The number of alkyl halides is 6. The molecule has 1 aromatic heterocycles. The van der Waals surface area contributed by atoms with Crippen molar-refractivity contribution in [3.05, 3.63) is 94.8 Å². The lowest BCUT2D eigenvalue weighted by Crippen LogP contribution is -2.22. The van der Waals surface area contributed by atoms with Gasteiger partial charge < -0.3 is 10.6 Å². The first-order valence-electron chi connectivity index (χ1n) is 10.1. The highest BCUT2D eigenvalue weighted by Crippen LogP contribution is 2.29. The predicted molar refractivity (Wildman–Crippen MR) is 126 cm³/mol. The first-order valence-corrected chi connectivity index (χ1v) is 10.5. The first-order chi connectivity index (χ1) is 16.9. The van der Waals surface area contributed by atoms with Gasteiger partial charge in [-0.3, -0.25) is 9.79 Å². The average molecular weight is 527 g/mol. The normalized spacial score (nSPS) is 12.9. The van der Waals surface area contributed by atoms with Crippen molar-refractivity contribution in [2.75, 3.05) is 17.7 Å². The van der Waals surface area contributed by atoms with Gasteiger partial charge in [-0.25, -0.2) is 4.98 Å². The van der Waals surface area contributed by atoms with Gasteiger partial charge in [-0.1, -0.05) is 35.9 Å². The molecule has 1 heterocycles. The Hall–Kier alpha value is -3.86. The van der Waals surface area contributed by atoms with Crippen LogP contribution in [0.2, 0.25) is 5.02 Å². The zero-order chi connectivity index (χ0) is 26.5. The molecule has 36 heavy (non-hydrogen) atoms. The number of hydrogen-bond acceptors (Lipinski definition) is 4. The van der Waals surface area contributed by atoms with E-state index in [4.69, 9.17) is 11.6 Å². The number of halogens is 7. The lowest BCUT2D eigenvalue weighted by atomic mass is 10.1. The van der Waals surface area contributed by atoms with Gasteiger partial charge in [0.05, 0.1) is 22.6 Å². The molecule has 2 aromatic carbocycles. The minimum absolute atomic E-state index is 0.0138. The van der Waals surface area contributed by atoms with Crippen LogP contribution in [0.5, 0.6) is 0 Å². The van der Waals surface area contributed by atoms with Crippen LogP contribution in [-0.2, 0) is 6.18 Å². The molecule has 188 valence electrons. The number of hydrogen-bond donors (Lipinski definition) is 2. The lowest BCUT2D eigenvalue weighted by Gasteiger charge is -2.15. The molecule has 0 spiro atoms. The van der Waals surface area contributed by atoms with Crippen molar-refractivity contribution in [2.45, 2.75) is 12.4 Å². The third-order valence-electron chi connectivity index (χ3n) is 4.73. The van der Waals surface area contributed by atoms with Crippen molar-refractivity contribution in [1.29, 1.82) is 0 Å². The zero-order valence-electron chi connectivity index (χ0n) is 18.4. The van der Waals surface area contributed by atoms with E-state index in [1.807, 2.05) is 0 Å². The summed E-state index contributed by atoms with van der Waals surface area (Å²) >= 11 is 6.13. The summed E-state index contributed by atoms with van der Waals surface area (Å²) in [6.45, 7) is 0. The Balaban J connectivity index is 1.87. The quantitative estimate of drug-likeness (QED) is 0.266. The van der Waals surface area contributed by atoms with Crippen molar-refractivity contribution in [3.8, 4) is 0 Å². The fourth-order valence-electron chi connectivity index (χ4n) is 2.95. The molecule has 1 amide bonds. The van der Waals surface area contributed by atoms with E-state index in [-0.39, 0.29) is 27.5 Å². The molecule has 12 heteroatoms. The van der Waals surface area contributed by atoms with Crippen LogP contribution in [0.1, 0.15) is 21.6 Å². The number of nitrogens with zero attached hydrogens (tertiary/aromatic N) is 2. The van der Waals surface area contributed by atoms with E-state index < -0.39 is 29.7 Å². The summed E-state index contributed by atoms with van der Waals surface area (Å²) < 4.78 is 77.9. The molecule has 0 saturated heterocycles. The smallest absolute Gasteiger partial charge is 0.354 e. The van der Waals surface area contributed by atoms with E-state index in [1.54, 1.807) is 24.3 Å². The van der Waals surface area contributed by atoms with Crippen LogP contribution >= 0.6 is 11.6 Å². The summed E-state index contributed by atoms with van der Waals surface area (Å²) in [4.78, 5) is 19.1. The molecule has 0 aliphatic rings. The van der Waals surface area contributed by atoms with Crippen LogP contribution in [-0.4, -0.2) is 29.8 Å². The molecule has 5 nitrogen and oxygen atoms in total. The Morgan fingerprint density at radius 2 is 1.56 bits per heavy atom. The fourth-order valence-corrected chi connectivity index (χ4v) is 3.13. The van der Waals surface area contributed by atoms with Crippen LogP contribution in [0, 0.1) is 0 Å². The van der Waals surface area contributed by atoms with Gasteiger partial charge in [0.2, 0.25) is 0 Å². The van der Waals surface area contributed by atoms with Gasteiger partial charge in [-0.2, -0.15) is 26.3 Å². The summed E-state index contributed by atoms with van der Waals surface area (Å²) in [7, 11) is 1.01. The molecular weight excluding hydrogens is 510 g/mol. The number of amides is 1. The molecule has 3 rings (SSSR count). The van der Waals surface area contributed by atoms with Crippen molar-refractivity contribution in [1.82, 2.24) is 4.98 Å². The van der Waals surface area contributed by atoms with E-state index in [1.165, 1.54) is 24.3 Å². The van der Waals surface area contributed by atoms with E-state index in [0.717, 1.165) is 31.5 Å². The molecule has 0 unspecified atom stereocenters. The maximum absolute atomic E-state index is 13.3. The minimum atomic E-state index is -4.71. The van der Waals surface area contributed by atoms with Crippen molar-refractivity contribution < 1.29 is 31.1 Å². The summed E-state index contributed by atoms with van der Waals surface area (Å²) in [5, 5.41) is 5.53. The number of aliphatic imine (C=N–C) groups is 1. The molecule has 0 bridgehead atoms. The molecule has 2 N–H and O–H groups in total. The second-order valence-corrected chi connectivity index (χ2v) is 7.64. The van der Waals surface area contributed by atoms with Crippen molar-refractivity contribution >= 4 is 40.3 Å². The van der Waals surface area contributed by atoms with Gasteiger partial charge in [0.1, 0.15) is 11.4 Å². The number of carbonyl (C=O) groups is 1. The maximum atomic E-state index is 13.3. The van der Waals surface area contributed by atoms with E-state index in [2.05, 4.69) is 20.6 Å². The Morgan fingerprint density at radius 3 is 2.08 bits per heavy atom. The van der Waals surface area contributed by atoms with Gasteiger partial charge >= 0.3 is 12.4 Å². The second kappa shape index (κ2) is 10.8. The number of aromatic nitrogens is 1. The lowest BCUT2D eigenvalue weighted by molar-refractivity contribution is -0.141. The largest absolute Gasteiger partial charge is 0.433 e. The second-order valence-electron chi connectivity index (χ2n) is 7.23. The topological polar surface area (TPSA) is 66.4 Å². The molecule has 0 fully saturated rings. The fraction of sp³-hybridized carbons (Fsp3) is 0.125. The van der Waals surface area contributed by atoms with E-state index in [9.17, 15) is 31.1 Å². The van der Waals surface area contributed by atoms with Crippen molar-refractivity contribution in [3.63, 3.8) is 0 Å². The van der Waals surface area contributed by atoms with Crippen LogP contribution in [0.4, 0.5) is 37.7 Å². The third kappa shape index (κ3) is 6.85. The van der Waals surface area contributed by atoms with Crippen LogP contribution in [0.15, 0.2) is 77.9 Å². The number of para-hydroxylation sites is 1. The summed E-state index contributed by atoms with van der Waals surface area (Å²) in [6, 6.07) is 13.7. The number of rotatable bonds is 6. The predicted octanol–water partition coefficient (Wildman–Crippen LogP) is 7.09. The highest BCUT2D eigenvalue weighted by molar-refractivity contribution is 6.33. The number of benzene rings is 2. The average Bonchev–Trinajstić information content (AvgIpc) is 2.82. The number of nitrogens with one attached hydrogen (secondary N) is 2. The molecule has 0 aliphatic carbocycles. The van der Waals surface area contributed by atoms with Gasteiger partial charge in [0, 0.05) is 18.3 Å². The number of pyridine rings is 1. The molecule has 0 radical (unpaired) electrons. The van der Waals surface area contributed by atoms with Crippen molar-refractivity contribution in [2.24, 2.45) is 4.99 Å². The Labute approximate surface area is 206 Å². The van der Waals surface area contributed by atoms with Crippen LogP contribution in [0.25, 0.3) is 5.70 Å². The molecule has 0 saturated carbocycles. The number of anilines is 2. The molecule has 3 aromatic rings. The Morgan fingerprint density at radius 1 is 0.917 bits per heavy atom. The highest BCUT2D eigenvalue weighted by Gasteiger charge is 2.34. The third-order valence-corrected chi connectivity index (χ3v) is 5.06. The monoisotopic (exact) mass is 526 g/mol. The minimum Gasteiger partial charge on any atom is -0.354 e. The summed E-state index contributed by atoms with van der Waals surface area (Å²) in [5.41, 5.74) is -1.46. The molecule has 0 aliphatic heterocycles. The molecular formula is C24H17ClF6N4O. The Kier molecular flexibility index (Phi) is 8.03. The van der Waals surface area contributed by atoms with Gasteiger partial charge in [0.15, 0.2) is 0 Å². The van der Waals surface area contributed by atoms with E-state index >= 15 is 0 Å².